The Labute approximate surface area is 419 Å². The molecule has 0 saturated heterocycles. The van der Waals surface area contributed by atoms with Crippen LogP contribution >= 0.6 is 0 Å². The molecule has 15 nitrogen and oxygen atoms in total. The summed E-state index contributed by atoms with van der Waals surface area (Å²) in [6.45, 7) is 45.1. The predicted octanol–water partition coefficient (Wildman–Crippen LogP) is 10.1. The number of hydrogen-bond acceptors (Lipinski definition) is 13. The standard InChI is InChI=1S/C14H25NO4.C13H25NO4.C10H18O2.C9H18O.C8H16O2/c1-10(2)12(16)5-7-19-8-6-15-14(18)9-13(17)11(3)4;1-10(2)9-18-13(16)14-6-8-17-7-5-12(15)11(3)4;1-7(2)8(11)6-9(12)10(3,4)5;1-7(2)6-8(10)9(3,4)5;1-6(2)5-10-8(9)7(3)4/h10-11H,5-9H2,1-4H3,(H,15,18);10-11H,5-9H2,1-4H3,(H,14,16);7H,6H2,1-5H3;7H,6H2,1-5H3;6-7H,5H2,1-4H3. The molecule has 2 N–H and O–H groups in total. The first-order valence-corrected chi connectivity index (χ1v) is 25.1. The predicted molar refractivity (Wildman–Crippen MR) is 276 cm³/mol. The van der Waals surface area contributed by atoms with E-state index in [1.807, 2.05) is 125 Å². The van der Waals surface area contributed by atoms with Crippen molar-refractivity contribution in [1.29, 1.82) is 0 Å². The summed E-state index contributed by atoms with van der Waals surface area (Å²) in [5, 5.41) is 5.19. The molecule has 0 atom stereocenters. The largest absolute Gasteiger partial charge is 0.465 e. The Morgan fingerprint density at radius 1 is 0.406 bits per heavy atom. The summed E-state index contributed by atoms with van der Waals surface area (Å²) in [6.07, 6.45) is 1.12. The van der Waals surface area contributed by atoms with Crippen LogP contribution in [0.1, 0.15) is 184 Å². The molecule has 0 fully saturated rings. The first-order chi connectivity index (χ1) is 31.4. The van der Waals surface area contributed by atoms with Gasteiger partial charge in [-0.1, -0.05) is 152 Å². The molecule has 0 aliphatic heterocycles. The van der Waals surface area contributed by atoms with E-state index in [0.717, 1.165) is 0 Å². The van der Waals surface area contributed by atoms with E-state index in [9.17, 15) is 43.2 Å². The van der Waals surface area contributed by atoms with Gasteiger partial charge < -0.3 is 29.6 Å². The average molecular weight is 987 g/mol. The van der Waals surface area contributed by atoms with Crippen LogP contribution in [0.25, 0.3) is 0 Å². The minimum Gasteiger partial charge on any atom is -0.465 e. The van der Waals surface area contributed by atoms with Crippen molar-refractivity contribution >= 4 is 52.7 Å². The Hall–Kier alpha value is -3.85. The molecule has 69 heavy (non-hydrogen) atoms. The van der Waals surface area contributed by atoms with Crippen molar-refractivity contribution in [2.45, 2.75) is 184 Å². The highest BCUT2D eigenvalue weighted by molar-refractivity contribution is 6.02. The van der Waals surface area contributed by atoms with E-state index in [1.165, 1.54) is 0 Å². The van der Waals surface area contributed by atoms with Crippen LogP contribution in [-0.2, 0) is 57.3 Å². The number of ketones is 6. The summed E-state index contributed by atoms with van der Waals surface area (Å²) < 4.78 is 20.3. The van der Waals surface area contributed by atoms with Crippen molar-refractivity contribution in [2.75, 3.05) is 52.7 Å². The molecule has 0 bridgehead atoms. The molecule has 0 unspecified atom stereocenters. The summed E-state index contributed by atoms with van der Waals surface area (Å²) >= 11 is 0. The lowest BCUT2D eigenvalue weighted by molar-refractivity contribution is -0.148. The topological polar surface area (TPSA) is 215 Å². The van der Waals surface area contributed by atoms with Crippen LogP contribution in [0.3, 0.4) is 0 Å². The zero-order chi connectivity index (χ0) is 55.2. The summed E-state index contributed by atoms with van der Waals surface area (Å²) in [7, 11) is 0. The number of esters is 1. The second-order valence-electron chi connectivity index (χ2n) is 22.0. The minimum atomic E-state index is -0.425. The molecule has 406 valence electrons. The van der Waals surface area contributed by atoms with Crippen molar-refractivity contribution in [1.82, 2.24) is 10.6 Å². The number of ether oxygens (including phenoxy) is 4. The van der Waals surface area contributed by atoms with Gasteiger partial charge in [-0.05, 0) is 17.8 Å². The van der Waals surface area contributed by atoms with Gasteiger partial charge in [0.05, 0.1) is 58.4 Å². The summed E-state index contributed by atoms with van der Waals surface area (Å²) in [5.41, 5.74) is -0.533. The van der Waals surface area contributed by atoms with Gasteiger partial charge >= 0.3 is 12.1 Å². The van der Waals surface area contributed by atoms with E-state index in [1.54, 1.807) is 13.8 Å². The van der Waals surface area contributed by atoms with Gasteiger partial charge in [0, 0.05) is 66.9 Å². The molecule has 0 aromatic heterocycles. The fraction of sp³-hybridized carbons (Fsp3) is 0.833. The lowest BCUT2D eigenvalue weighted by Gasteiger charge is -2.17. The molecule has 0 aromatic rings. The summed E-state index contributed by atoms with van der Waals surface area (Å²) in [4.78, 5) is 101. The third kappa shape index (κ3) is 53.4. The number of amides is 2. The van der Waals surface area contributed by atoms with Crippen LogP contribution in [0.15, 0.2) is 0 Å². The van der Waals surface area contributed by atoms with Gasteiger partial charge in [-0.15, -0.1) is 0 Å². The average Bonchev–Trinajstić information content (AvgIpc) is 3.21. The summed E-state index contributed by atoms with van der Waals surface area (Å²) in [6, 6.07) is 0. The van der Waals surface area contributed by atoms with Gasteiger partial charge in [0.25, 0.3) is 0 Å². The van der Waals surface area contributed by atoms with Gasteiger partial charge in [-0.2, -0.15) is 0 Å². The molecular weight excluding hydrogens is 885 g/mol. The molecule has 0 aliphatic rings. The Morgan fingerprint density at radius 3 is 1.09 bits per heavy atom. The normalized spacial score (nSPS) is 11.2. The number of carbonyl (C=O) groups excluding carboxylic acids is 9. The van der Waals surface area contributed by atoms with E-state index in [0.29, 0.717) is 95.5 Å². The molecular formula is C54H102N2O13. The quantitative estimate of drug-likeness (QED) is 0.0446. The van der Waals surface area contributed by atoms with Gasteiger partial charge in [0.15, 0.2) is 0 Å². The molecule has 2 amide bonds. The minimum absolute atomic E-state index is 0.00116. The van der Waals surface area contributed by atoms with Gasteiger partial charge in [-0.25, -0.2) is 4.79 Å². The molecule has 15 heteroatoms. The van der Waals surface area contributed by atoms with Crippen LogP contribution < -0.4 is 10.6 Å². The first kappa shape index (κ1) is 74.1. The highest BCUT2D eigenvalue weighted by Crippen LogP contribution is 2.19. The smallest absolute Gasteiger partial charge is 0.407 e. The third-order valence-electron chi connectivity index (χ3n) is 9.16. The van der Waals surface area contributed by atoms with Crippen LogP contribution in [0.5, 0.6) is 0 Å². The number of carbonyl (C=O) groups is 9. The van der Waals surface area contributed by atoms with Gasteiger partial charge in [0.1, 0.15) is 34.7 Å². The van der Waals surface area contributed by atoms with Gasteiger partial charge in [-0.3, -0.25) is 38.4 Å². The van der Waals surface area contributed by atoms with E-state index in [2.05, 4.69) is 24.5 Å². The molecule has 0 saturated carbocycles. The molecule has 0 radical (unpaired) electrons. The van der Waals surface area contributed by atoms with Crippen LogP contribution in [0.2, 0.25) is 0 Å². The maximum absolute atomic E-state index is 11.4. The van der Waals surface area contributed by atoms with Crippen molar-refractivity contribution in [2.24, 2.45) is 58.2 Å². The molecule has 0 aliphatic carbocycles. The second-order valence-corrected chi connectivity index (χ2v) is 22.0. The highest BCUT2D eigenvalue weighted by Gasteiger charge is 2.24. The number of rotatable bonds is 27. The SMILES string of the molecule is CC(C)C(=O)CC(=O)C(C)(C)C.CC(C)C(=O)CCOCCNC(=O)CC(=O)C(C)C.CC(C)CC(=O)C(C)(C)C.CC(C)COC(=O)C(C)C.CC(C)COC(=O)NCCOCCC(=O)C(C)C. The fourth-order valence-electron chi connectivity index (χ4n) is 4.05. The Balaban J connectivity index is -0.000000254. The van der Waals surface area contributed by atoms with Crippen molar-refractivity contribution in [3.63, 3.8) is 0 Å². The third-order valence-corrected chi connectivity index (χ3v) is 9.16. The Morgan fingerprint density at radius 2 is 0.768 bits per heavy atom. The maximum Gasteiger partial charge on any atom is 0.407 e. The van der Waals surface area contributed by atoms with E-state index in [-0.39, 0.29) is 94.1 Å². The van der Waals surface area contributed by atoms with Crippen molar-refractivity contribution < 1.29 is 62.1 Å². The number of alkyl carbamates (subject to hydrolysis) is 1. The Kier molecular flexibility index (Phi) is 45.0. The zero-order valence-electron chi connectivity index (χ0n) is 47.6. The van der Waals surface area contributed by atoms with Crippen LogP contribution in [0, 0.1) is 58.2 Å². The van der Waals surface area contributed by atoms with E-state index >= 15 is 0 Å². The van der Waals surface area contributed by atoms with E-state index < -0.39 is 6.09 Å². The maximum atomic E-state index is 11.4. The Bertz CT molecular complexity index is 1470. The number of nitrogens with one attached hydrogen (secondary N) is 2. The second kappa shape index (κ2) is 41.9. The fourth-order valence-corrected chi connectivity index (χ4v) is 4.05. The number of Topliss-reactive ketones (excluding diaryl/α,β-unsaturated/α-hetero) is 6. The van der Waals surface area contributed by atoms with Crippen LogP contribution in [0.4, 0.5) is 4.79 Å². The van der Waals surface area contributed by atoms with Crippen molar-refractivity contribution in [3.05, 3.63) is 0 Å². The lowest BCUT2D eigenvalue weighted by Crippen LogP contribution is -2.30. The monoisotopic (exact) mass is 987 g/mol. The van der Waals surface area contributed by atoms with Crippen molar-refractivity contribution in [3.8, 4) is 0 Å². The van der Waals surface area contributed by atoms with E-state index in [4.69, 9.17) is 18.9 Å². The summed E-state index contributed by atoms with van der Waals surface area (Å²) in [5.74, 6) is 1.53. The molecule has 0 heterocycles. The number of hydrogen-bond donors (Lipinski definition) is 2. The molecule has 0 spiro atoms. The first-order valence-electron chi connectivity index (χ1n) is 25.1. The zero-order valence-corrected chi connectivity index (χ0v) is 47.6. The molecule has 0 rings (SSSR count). The van der Waals surface area contributed by atoms with Crippen LogP contribution in [-0.4, -0.2) is 105 Å². The molecule has 0 aromatic carbocycles. The lowest BCUT2D eigenvalue weighted by atomic mass is 9.86. The highest BCUT2D eigenvalue weighted by atomic mass is 16.5. The van der Waals surface area contributed by atoms with Gasteiger partial charge in [0.2, 0.25) is 5.91 Å².